The standard InChI is InChI=1S/C8H14N4O4S/c1-12-8(6(9)5-10-12)11-17(14,15)4-3-7(13)16-2/h5,11H,3-4,9H2,1-2H3. The molecular weight excluding hydrogens is 248 g/mol. The fraction of sp³-hybridized carbons (Fsp3) is 0.500. The van der Waals surface area contributed by atoms with E-state index in [1.165, 1.54) is 18.0 Å². The molecule has 96 valence electrons. The first-order valence-electron chi connectivity index (χ1n) is 4.70. The predicted molar refractivity (Wildman–Crippen MR) is 61.7 cm³/mol. The van der Waals surface area contributed by atoms with Crippen molar-refractivity contribution in [1.29, 1.82) is 0 Å². The summed E-state index contributed by atoms with van der Waals surface area (Å²) < 4.78 is 31.1. The molecule has 0 amide bonds. The number of aryl methyl sites for hydroxylation is 1. The minimum Gasteiger partial charge on any atom is -0.469 e. The monoisotopic (exact) mass is 262 g/mol. The molecule has 1 heterocycles. The van der Waals surface area contributed by atoms with Gasteiger partial charge in [0.05, 0.1) is 31.2 Å². The van der Waals surface area contributed by atoms with Gasteiger partial charge in [-0.1, -0.05) is 0 Å². The molecule has 0 unspecified atom stereocenters. The maximum atomic E-state index is 11.6. The molecule has 0 bridgehead atoms. The lowest BCUT2D eigenvalue weighted by Crippen LogP contribution is -2.21. The van der Waals surface area contributed by atoms with Gasteiger partial charge in [-0.05, 0) is 0 Å². The van der Waals surface area contributed by atoms with Crippen molar-refractivity contribution in [3.63, 3.8) is 0 Å². The second kappa shape index (κ2) is 5.04. The number of hydrogen-bond donors (Lipinski definition) is 2. The second-order valence-corrected chi connectivity index (χ2v) is 5.16. The number of nitrogens with one attached hydrogen (secondary N) is 1. The summed E-state index contributed by atoms with van der Waals surface area (Å²) in [5.41, 5.74) is 5.75. The van der Waals surface area contributed by atoms with Gasteiger partial charge in [0, 0.05) is 7.05 Å². The van der Waals surface area contributed by atoms with Crippen LogP contribution in [0.2, 0.25) is 0 Å². The molecule has 9 heteroatoms. The zero-order valence-electron chi connectivity index (χ0n) is 9.50. The van der Waals surface area contributed by atoms with E-state index >= 15 is 0 Å². The molecule has 0 saturated heterocycles. The van der Waals surface area contributed by atoms with Crippen LogP contribution in [0.5, 0.6) is 0 Å². The van der Waals surface area contributed by atoms with Crippen molar-refractivity contribution in [1.82, 2.24) is 9.78 Å². The number of carbonyl (C=O) groups is 1. The van der Waals surface area contributed by atoms with Gasteiger partial charge in [-0.25, -0.2) is 8.42 Å². The van der Waals surface area contributed by atoms with Crippen LogP contribution in [0.1, 0.15) is 6.42 Å². The molecule has 0 aliphatic rings. The van der Waals surface area contributed by atoms with Crippen LogP contribution in [0.15, 0.2) is 6.20 Å². The first-order chi connectivity index (χ1) is 7.85. The second-order valence-electron chi connectivity index (χ2n) is 3.32. The Morgan fingerprint density at radius 2 is 2.29 bits per heavy atom. The van der Waals surface area contributed by atoms with Gasteiger partial charge in [-0.2, -0.15) is 5.10 Å². The van der Waals surface area contributed by atoms with Gasteiger partial charge < -0.3 is 10.5 Å². The van der Waals surface area contributed by atoms with Crippen molar-refractivity contribution in [3.05, 3.63) is 6.20 Å². The lowest BCUT2D eigenvalue weighted by atomic mass is 10.5. The third kappa shape index (κ3) is 3.63. The summed E-state index contributed by atoms with van der Waals surface area (Å²) in [5, 5.41) is 3.78. The normalized spacial score (nSPS) is 11.2. The van der Waals surface area contributed by atoms with Crippen LogP contribution in [0.3, 0.4) is 0 Å². The van der Waals surface area contributed by atoms with E-state index in [9.17, 15) is 13.2 Å². The number of nitrogens with zero attached hydrogens (tertiary/aromatic N) is 2. The van der Waals surface area contributed by atoms with E-state index < -0.39 is 16.0 Å². The van der Waals surface area contributed by atoms with Crippen molar-refractivity contribution in [2.24, 2.45) is 7.05 Å². The third-order valence-corrected chi connectivity index (χ3v) is 3.27. The maximum Gasteiger partial charge on any atom is 0.306 e. The largest absolute Gasteiger partial charge is 0.469 e. The van der Waals surface area contributed by atoms with E-state index in [0.717, 1.165) is 0 Å². The first kappa shape index (κ1) is 13.3. The number of aromatic nitrogens is 2. The Morgan fingerprint density at radius 3 is 2.76 bits per heavy atom. The lowest BCUT2D eigenvalue weighted by Gasteiger charge is -2.08. The SMILES string of the molecule is COC(=O)CCS(=O)(=O)Nc1c(N)cnn1C. The number of esters is 1. The van der Waals surface area contributed by atoms with Crippen LogP contribution in [0.4, 0.5) is 11.5 Å². The van der Waals surface area contributed by atoms with E-state index in [2.05, 4.69) is 14.6 Å². The van der Waals surface area contributed by atoms with Gasteiger partial charge in [0.15, 0.2) is 5.82 Å². The Hall–Kier alpha value is -1.77. The van der Waals surface area contributed by atoms with E-state index in [1.54, 1.807) is 7.05 Å². The molecule has 0 aliphatic heterocycles. The summed E-state index contributed by atoms with van der Waals surface area (Å²) in [6.45, 7) is 0. The number of rotatable bonds is 5. The van der Waals surface area contributed by atoms with Crippen molar-refractivity contribution >= 4 is 27.5 Å². The van der Waals surface area contributed by atoms with Crippen molar-refractivity contribution in [2.75, 3.05) is 23.3 Å². The van der Waals surface area contributed by atoms with Gasteiger partial charge in [0.1, 0.15) is 0 Å². The van der Waals surface area contributed by atoms with Gasteiger partial charge in [0.25, 0.3) is 0 Å². The van der Waals surface area contributed by atoms with Crippen LogP contribution in [0.25, 0.3) is 0 Å². The number of ether oxygens (including phenoxy) is 1. The Morgan fingerprint density at radius 1 is 1.65 bits per heavy atom. The maximum absolute atomic E-state index is 11.6. The van der Waals surface area contributed by atoms with E-state index in [0.29, 0.717) is 0 Å². The number of sulfonamides is 1. The van der Waals surface area contributed by atoms with Gasteiger partial charge >= 0.3 is 5.97 Å². The molecule has 0 aromatic carbocycles. The van der Waals surface area contributed by atoms with Crippen LogP contribution in [0, 0.1) is 0 Å². The summed E-state index contributed by atoms with van der Waals surface area (Å²) in [7, 11) is -0.900. The number of anilines is 2. The Bertz CT molecular complexity index is 488. The molecular formula is C8H14N4O4S. The zero-order chi connectivity index (χ0) is 13.1. The van der Waals surface area contributed by atoms with Crippen LogP contribution < -0.4 is 10.5 Å². The quantitative estimate of drug-likeness (QED) is 0.678. The Labute approximate surface area is 98.8 Å². The minimum absolute atomic E-state index is 0.176. The molecule has 0 spiro atoms. The highest BCUT2D eigenvalue weighted by Crippen LogP contribution is 2.17. The highest BCUT2D eigenvalue weighted by Gasteiger charge is 2.17. The summed E-state index contributed by atoms with van der Waals surface area (Å²) >= 11 is 0. The first-order valence-corrected chi connectivity index (χ1v) is 6.35. The van der Waals surface area contributed by atoms with Crippen molar-refractivity contribution in [3.8, 4) is 0 Å². The van der Waals surface area contributed by atoms with Crippen LogP contribution in [-0.4, -0.2) is 37.0 Å². The fourth-order valence-corrected chi connectivity index (χ4v) is 2.18. The molecule has 17 heavy (non-hydrogen) atoms. The highest BCUT2D eigenvalue weighted by molar-refractivity contribution is 7.92. The number of hydrogen-bond acceptors (Lipinski definition) is 6. The van der Waals surface area contributed by atoms with Crippen LogP contribution >= 0.6 is 0 Å². The van der Waals surface area contributed by atoms with Crippen LogP contribution in [-0.2, 0) is 26.6 Å². The van der Waals surface area contributed by atoms with Crippen molar-refractivity contribution in [2.45, 2.75) is 6.42 Å². The number of methoxy groups -OCH3 is 1. The minimum atomic E-state index is -3.65. The molecule has 0 saturated carbocycles. The Balaban J connectivity index is 2.71. The fourth-order valence-electron chi connectivity index (χ4n) is 1.10. The lowest BCUT2D eigenvalue weighted by molar-refractivity contribution is -0.140. The summed E-state index contributed by atoms with van der Waals surface area (Å²) in [6.07, 6.45) is 1.11. The van der Waals surface area contributed by atoms with E-state index in [-0.39, 0.29) is 23.7 Å². The molecule has 1 aromatic rings. The Kier molecular flexibility index (Phi) is 3.94. The summed E-state index contributed by atoms with van der Waals surface area (Å²) in [6, 6.07) is 0. The third-order valence-electron chi connectivity index (χ3n) is 2.02. The average Bonchev–Trinajstić information content (AvgIpc) is 2.57. The number of nitrogens with two attached hydrogens (primary N) is 1. The molecule has 0 aliphatic carbocycles. The topological polar surface area (TPSA) is 116 Å². The number of nitrogen functional groups attached to an aromatic ring is 1. The molecule has 3 N–H and O–H groups in total. The summed E-state index contributed by atoms with van der Waals surface area (Å²) in [5.74, 6) is -0.784. The molecule has 8 nitrogen and oxygen atoms in total. The van der Waals surface area contributed by atoms with Gasteiger partial charge in [0.2, 0.25) is 10.0 Å². The van der Waals surface area contributed by atoms with E-state index in [4.69, 9.17) is 5.73 Å². The molecule has 0 atom stereocenters. The van der Waals surface area contributed by atoms with E-state index in [1.807, 2.05) is 0 Å². The molecule has 0 fully saturated rings. The summed E-state index contributed by atoms with van der Waals surface area (Å²) in [4.78, 5) is 10.8. The smallest absolute Gasteiger partial charge is 0.306 e. The van der Waals surface area contributed by atoms with Gasteiger partial charge in [-0.15, -0.1) is 0 Å². The molecule has 1 rings (SSSR count). The zero-order valence-corrected chi connectivity index (χ0v) is 10.3. The van der Waals surface area contributed by atoms with Crippen molar-refractivity contribution < 1.29 is 17.9 Å². The molecule has 0 radical (unpaired) electrons. The predicted octanol–water partition coefficient (Wildman–Crippen LogP) is -0.693. The highest BCUT2D eigenvalue weighted by atomic mass is 32.2. The van der Waals surface area contributed by atoms with Gasteiger partial charge in [-0.3, -0.25) is 14.2 Å². The average molecular weight is 262 g/mol. The molecule has 1 aromatic heterocycles. The number of carbonyl (C=O) groups excluding carboxylic acids is 1.